The molecule has 0 saturated carbocycles. The molecule has 0 aromatic rings. The summed E-state index contributed by atoms with van der Waals surface area (Å²) in [5.74, 6) is -1.55. The summed E-state index contributed by atoms with van der Waals surface area (Å²) in [6, 6.07) is -0.993. The van der Waals surface area contributed by atoms with Crippen LogP contribution < -0.4 is 5.73 Å². The highest BCUT2D eigenvalue weighted by atomic mass is 16.4. The Balaban J connectivity index is 2.22. The minimum Gasteiger partial charge on any atom is -0.480 e. The number of hydrogen-bond acceptors (Lipinski definition) is 3. The van der Waals surface area contributed by atoms with Gasteiger partial charge in [-0.25, -0.2) is 4.99 Å². The van der Waals surface area contributed by atoms with Crippen molar-refractivity contribution in [3.63, 3.8) is 0 Å². The number of carbonyl (C=O) groups excluding carboxylic acids is 1. The van der Waals surface area contributed by atoms with E-state index < -0.39 is 12.0 Å². The molecule has 1 aliphatic heterocycles. The lowest BCUT2D eigenvalue weighted by molar-refractivity contribution is -0.138. The molecule has 0 aromatic heterocycles. The molecule has 0 radical (unpaired) electrons. The van der Waals surface area contributed by atoms with Crippen molar-refractivity contribution < 1.29 is 14.7 Å². The molecule has 1 heterocycles. The number of carboxylic acid groups (broad SMARTS) is 1. The van der Waals surface area contributed by atoms with Gasteiger partial charge in [-0.1, -0.05) is 18.2 Å². The van der Waals surface area contributed by atoms with Crippen LogP contribution in [0.1, 0.15) is 6.42 Å². The second-order valence-corrected chi connectivity index (χ2v) is 3.96. The highest BCUT2D eigenvalue weighted by Gasteiger charge is 2.26. The smallest absolute Gasteiger partial charge is 0.320 e. The van der Waals surface area contributed by atoms with Crippen LogP contribution in [0.3, 0.4) is 0 Å². The summed E-state index contributed by atoms with van der Waals surface area (Å²) >= 11 is 0. The van der Waals surface area contributed by atoms with Crippen LogP contribution in [0.5, 0.6) is 0 Å². The van der Waals surface area contributed by atoms with Gasteiger partial charge in [0.1, 0.15) is 6.04 Å². The monoisotopic (exact) mass is 232 g/mol. The number of carbonyl (C=O) groups is 2. The van der Waals surface area contributed by atoms with E-state index in [1.807, 2.05) is 12.2 Å². The first-order valence-corrected chi connectivity index (χ1v) is 5.24. The summed E-state index contributed by atoms with van der Waals surface area (Å²) in [6.45, 7) is 0. The van der Waals surface area contributed by atoms with E-state index in [4.69, 9.17) is 10.8 Å². The second kappa shape index (κ2) is 4.47. The average Bonchev–Trinajstić information content (AvgIpc) is 2.28. The number of hydrogen-bond donors (Lipinski definition) is 2. The summed E-state index contributed by atoms with van der Waals surface area (Å²) < 4.78 is 0. The van der Waals surface area contributed by atoms with Gasteiger partial charge in [-0.3, -0.25) is 9.59 Å². The Morgan fingerprint density at radius 3 is 3.00 bits per heavy atom. The van der Waals surface area contributed by atoms with Gasteiger partial charge in [0.05, 0.1) is 5.71 Å². The molecule has 5 heteroatoms. The Morgan fingerprint density at radius 2 is 2.29 bits per heavy atom. The van der Waals surface area contributed by atoms with Crippen LogP contribution >= 0.6 is 0 Å². The maximum Gasteiger partial charge on any atom is 0.320 e. The first-order chi connectivity index (χ1) is 8.08. The molecule has 88 valence electrons. The highest BCUT2D eigenvalue weighted by molar-refractivity contribution is 6.12. The lowest BCUT2D eigenvalue weighted by Crippen LogP contribution is -2.33. The van der Waals surface area contributed by atoms with Crippen LogP contribution in [0, 0.1) is 5.92 Å². The molecular formula is C12H12N2O3. The van der Waals surface area contributed by atoms with Crippen LogP contribution in [0.15, 0.2) is 40.9 Å². The molecule has 1 aliphatic carbocycles. The Labute approximate surface area is 98.0 Å². The van der Waals surface area contributed by atoms with E-state index in [1.54, 1.807) is 12.2 Å². The molecular weight excluding hydrogens is 220 g/mol. The molecule has 3 N–H and O–H groups in total. The Morgan fingerprint density at radius 1 is 1.53 bits per heavy atom. The fourth-order valence-corrected chi connectivity index (χ4v) is 1.89. The first-order valence-electron chi connectivity index (χ1n) is 5.24. The number of amides is 1. The third-order valence-electron chi connectivity index (χ3n) is 2.72. The van der Waals surface area contributed by atoms with Crippen LogP contribution in [-0.2, 0) is 9.59 Å². The number of carboxylic acids is 1. The van der Waals surface area contributed by atoms with Crippen molar-refractivity contribution in [3.05, 3.63) is 36.0 Å². The topological polar surface area (TPSA) is 92.8 Å². The van der Waals surface area contributed by atoms with Gasteiger partial charge >= 0.3 is 5.97 Å². The lowest BCUT2D eigenvalue weighted by atomic mass is 9.85. The Kier molecular flexibility index (Phi) is 3.01. The van der Waals surface area contributed by atoms with Crippen molar-refractivity contribution in [1.29, 1.82) is 0 Å². The second-order valence-electron chi connectivity index (χ2n) is 3.96. The van der Waals surface area contributed by atoms with Crippen LogP contribution in [-0.4, -0.2) is 28.7 Å². The summed E-state index contributed by atoms with van der Waals surface area (Å²) in [4.78, 5) is 26.0. The Bertz CT molecular complexity index is 486. The van der Waals surface area contributed by atoms with Gasteiger partial charge in [-0.05, 0) is 18.1 Å². The number of aliphatic carboxylic acids is 1. The number of nitrogens with zero attached hydrogens (tertiary/aromatic N) is 1. The molecule has 2 rings (SSSR count). The molecule has 5 nitrogen and oxygen atoms in total. The van der Waals surface area contributed by atoms with Gasteiger partial charge in [0.15, 0.2) is 0 Å². The van der Waals surface area contributed by atoms with E-state index >= 15 is 0 Å². The van der Waals surface area contributed by atoms with Crippen LogP contribution in [0.2, 0.25) is 0 Å². The number of fused-ring (bicyclic) bond motifs is 1. The normalized spacial score (nSPS) is 23.8. The van der Waals surface area contributed by atoms with Crippen molar-refractivity contribution in [1.82, 2.24) is 0 Å². The van der Waals surface area contributed by atoms with Gasteiger partial charge in [-0.15, -0.1) is 0 Å². The fourth-order valence-electron chi connectivity index (χ4n) is 1.89. The van der Waals surface area contributed by atoms with Gasteiger partial charge in [0, 0.05) is 12.0 Å². The van der Waals surface area contributed by atoms with Gasteiger partial charge in [0.25, 0.3) is 5.91 Å². The van der Waals surface area contributed by atoms with E-state index in [9.17, 15) is 9.59 Å². The molecule has 0 aromatic carbocycles. The zero-order valence-corrected chi connectivity index (χ0v) is 9.04. The highest BCUT2D eigenvalue weighted by Crippen LogP contribution is 2.26. The first kappa shape index (κ1) is 11.5. The summed E-state index contributed by atoms with van der Waals surface area (Å²) in [7, 11) is 0. The third-order valence-corrected chi connectivity index (χ3v) is 2.72. The van der Waals surface area contributed by atoms with E-state index in [2.05, 4.69) is 4.99 Å². The largest absolute Gasteiger partial charge is 0.480 e. The number of rotatable bonds is 3. The van der Waals surface area contributed by atoms with Crippen molar-refractivity contribution in [2.24, 2.45) is 16.6 Å². The number of allylic oxidation sites excluding steroid dienone is 4. The van der Waals surface area contributed by atoms with E-state index in [1.165, 1.54) is 6.08 Å². The van der Waals surface area contributed by atoms with Crippen molar-refractivity contribution in [2.75, 3.05) is 0 Å². The van der Waals surface area contributed by atoms with Crippen molar-refractivity contribution in [2.45, 2.75) is 12.5 Å². The lowest BCUT2D eigenvalue weighted by Gasteiger charge is -2.23. The molecule has 0 fully saturated rings. The molecule has 0 bridgehead atoms. The van der Waals surface area contributed by atoms with E-state index in [-0.39, 0.29) is 18.2 Å². The molecule has 0 saturated heterocycles. The molecule has 1 unspecified atom stereocenters. The summed E-state index contributed by atoms with van der Waals surface area (Å²) in [5, 5.41) is 8.78. The van der Waals surface area contributed by atoms with Gasteiger partial charge in [0.2, 0.25) is 0 Å². The van der Waals surface area contributed by atoms with Gasteiger partial charge in [-0.2, -0.15) is 0 Å². The van der Waals surface area contributed by atoms with E-state index in [0.717, 1.165) is 0 Å². The number of aliphatic imine (C=N–C) groups is 1. The number of nitrogens with two attached hydrogens (primary N) is 1. The molecule has 1 amide bonds. The summed E-state index contributed by atoms with van der Waals surface area (Å²) in [6.07, 6.45) is 8.80. The molecule has 0 spiro atoms. The van der Waals surface area contributed by atoms with Crippen LogP contribution in [0.4, 0.5) is 0 Å². The molecule has 17 heavy (non-hydrogen) atoms. The maximum absolute atomic E-state index is 11.4. The van der Waals surface area contributed by atoms with E-state index in [0.29, 0.717) is 11.3 Å². The van der Waals surface area contributed by atoms with Crippen molar-refractivity contribution >= 4 is 17.6 Å². The minimum absolute atomic E-state index is 0.122. The third kappa shape index (κ3) is 2.39. The predicted octanol–water partition coefficient (Wildman–Crippen LogP) is 0.438. The summed E-state index contributed by atoms with van der Waals surface area (Å²) in [5.41, 5.74) is 6.83. The standard InChI is InChI=1S/C12H12N2O3/c13-9(12(16)17)5-7-6-11(15)14-10-4-2-1-3-8(7)10/h1-4,6,8-9H,5,13H2,(H,16,17)/t8?,9-/m0/s1. The van der Waals surface area contributed by atoms with Gasteiger partial charge < -0.3 is 10.8 Å². The quantitative estimate of drug-likeness (QED) is 0.738. The average molecular weight is 232 g/mol. The Hall–Kier alpha value is -2.01. The maximum atomic E-state index is 11.4. The fraction of sp³-hybridized carbons (Fsp3) is 0.250. The zero-order valence-electron chi connectivity index (χ0n) is 9.04. The van der Waals surface area contributed by atoms with Crippen molar-refractivity contribution in [3.8, 4) is 0 Å². The van der Waals surface area contributed by atoms with Crippen LogP contribution in [0.25, 0.3) is 0 Å². The molecule has 2 aliphatic rings. The minimum atomic E-state index is -1.07. The SMILES string of the molecule is N[C@@H](CC1=CC(=O)N=C2C=CC=CC12)C(=O)O. The number of dihydropyridines is 1. The zero-order chi connectivity index (χ0) is 12.4. The molecule has 2 atom stereocenters. The predicted molar refractivity (Wildman–Crippen MR) is 62.5 cm³/mol.